The Labute approximate surface area is 114 Å². The molecule has 0 aliphatic carbocycles. The summed E-state index contributed by atoms with van der Waals surface area (Å²) in [5.41, 5.74) is 2.87. The van der Waals surface area contributed by atoms with Crippen LogP contribution in [-0.4, -0.2) is 31.3 Å². The zero-order chi connectivity index (χ0) is 13.7. The second kappa shape index (κ2) is 6.55. The minimum absolute atomic E-state index is 0.233. The van der Waals surface area contributed by atoms with Gasteiger partial charge in [0.1, 0.15) is 6.07 Å². The van der Waals surface area contributed by atoms with Gasteiger partial charge in [0, 0.05) is 32.2 Å². The maximum Gasteiger partial charge on any atom is 0.101 e. The van der Waals surface area contributed by atoms with Crippen LogP contribution in [0.25, 0.3) is 0 Å². The number of benzene rings is 1. The van der Waals surface area contributed by atoms with Gasteiger partial charge < -0.3 is 15.3 Å². The number of aliphatic hydroxyl groups is 1. The van der Waals surface area contributed by atoms with E-state index in [-0.39, 0.29) is 6.61 Å². The van der Waals surface area contributed by atoms with Gasteiger partial charge in [-0.05, 0) is 30.7 Å². The van der Waals surface area contributed by atoms with E-state index in [0.29, 0.717) is 5.92 Å². The van der Waals surface area contributed by atoms with E-state index in [1.54, 1.807) is 0 Å². The molecule has 1 heterocycles. The first-order valence-corrected chi connectivity index (χ1v) is 6.88. The molecule has 19 heavy (non-hydrogen) atoms. The minimum atomic E-state index is 0.233. The zero-order valence-electron chi connectivity index (χ0n) is 11.4. The maximum atomic E-state index is 9.31. The molecular formula is C15H21N3O. The van der Waals surface area contributed by atoms with Gasteiger partial charge in [-0.2, -0.15) is 5.26 Å². The molecule has 0 aromatic heterocycles. The summed E-state index contributed by atoms with van der Waals surface area (Å²) in [5.74, 6) is 0.341. The molecular weight excluding hydrogens is 238 g/mol. The molecule has 1 aromatic rings. The van der Waals surface area contributed by atoms with Crippen LogP contribution in [0.4, 0.5) is 5.69 Å². The Balaban J connectivity index is 2.15. The van der Waals surface area contributed by atoms with Crippen LogP contribution in [0, 0.1) is 17.2 Å². The highest BCUT2D eigenvalue weighted by molar-refractivity contribution is 5.61. The number of hydrogen-bond donors (Lipinski definition) is 2. The fourth-order valence-electron chi connectivity index (χ4n) is 2.53. The van der Waals surface area contributed by atoms with Crippen LogP contribution in [0.2, 0.25) is 0 Å². The second-order valence-corrected chi connectivity index (χ2v) is 5.03. The normalized spacial score (nSPS) is 18.6. The minimum Gasteiger partial charge on any atom is -0.396 e. The van der Waals surface area contributed by atoms with Gasteiger partial charge in [-0.15, -0.1) is 0 Å². The van der Waals surface area contributed by atoms with Crippen molar-refractivity contribution in [3.05, 3.63) is 29.3 Å². The van der Waals surface area contributed by atoms with Crippen LogP contribution in [0.3, 0.4) is 0 Å². The van der Waals surface area contributed by atoms with Crippen molar-refractivity contribution in [3.63, 3.8) is 0 Å². The molecule has 2 rings (SSSR count). The van der Waals surface area contributed by atoms with E-state index < -0.39 is 0 Å². The topological polar surface area (TPSA) is 59.3 Å². The third-order valence-corrected chi connectivity index (χ3v) is 3.65. The number of nitriles is 1. The van der Waals surface area contributed by atoms with E-state index in [1.165, 1.54) is 0 Å². The van der Waals surface area contributed by atoms with E-state index >= 15 is 0 Å². The lowest BCUT2D eigenvalue weighted by atomic mass is 10.1. The lowest BCUT2D eigenvalue weighted by Crippen LogP contribution is -2.21. The third kappa shape index (κ3) is 3.25. The summed E-state index contributed by atoms with van der Waals surface area (Å²) in [6.45, 7) is 5.79. The van der Waals surface area contributed by atoms with Crippen molar-refractivity contribution < 1.29 is 5.11 Å². The molecule has 1 fully saturated rings. The molecule has 4 heteroatoms. The average Bonchev–Trinajstić information content (AvgIpc) is 2.93. The van der Waals surface area contributed by atoms with Crippen LogP contribution < -0.4 is 10.2 Å². The number of nitrogens with one attached hydrogen (secondary N) is 1. The first kappa shape index (κ1) is 13.9. The van der Waals surface area contributed by atoms with Crippen molar-refractivity contribution in [2.75, 3.05) is 31.1 Å². The summed E-state index contributed by atoms with van der Waals surface area (Å²) >= 11 is 0. The Morgan fingerprint density at radius 3 is 3.00 bits per heavy atom. The molecule has 0 amide bonds. The zero-order valence-corrected chi connectivity index (χ0v) is 11.4. The van der Waals surface area contributed by atoms with Crippen LogP contribution >= 0.6 is 0 Å². The predicted octanol–water partition coefficient (Wildman–Crippen LogP) is 1.49. The van der Waals surface area contributed by atoms with Gasteiger partial charge >= 0.3 is 0 Å². The molecule has 1 aromatic carbocycles. The molecule has 1 unspecified atom stereocenters. The van der Waals surface area contributed by atoms with Gasteiger partial charge in [0.25, 0.3) is 0 Å². The van der Waals surface area contributed by atoms with Crippen molar-refractivity contribution in [1.82, 2.24) is 5.32 Å². The molecule has 2 N–H and O–H groups in total. The first-order valence-electron chi connectivity index (χ1n) is 6.88. The van der Waals surface area contributed by atoms with Crippen molar-refractivity contribution in [2.24, 2.45) is 5.92 Å². The van der Waals surface area contributed by atoms with E-state index in [0.717, 1.165) is 49.4 Å². The first-order chi connectivity index (χ1) is 9.28. The third-order valence-electron chi connectivity index (χ3n) is 3.65. The van der Waals surface area contributed by atoms with E-state index in [1.807, 2.05) is 12.1 Å². The molecule has 1 aliphatic rings. The molecule has 1 aliphatic heterocycles. The fraction of sp³-hybridized carbons (Fsp3) is 0.533. The van der Waals surface area contributed by atoms with Crippen LogP contribution in [-0.2, 0) is 6.54 Å². The second-order valence-electron chi connectivity index (χ2n) is 5.03. The lowest BCUT2D eigenvalue weighted by Gasteiger charge is -2.20. The fourth-order valence-corrected chi connectivity index (χ4v) is 2.53. The molecule has 0 spiro atoms. The standard InChI is InChI=1S/C15H21N3O/c1-2-17-9-12-3-4-15(14(7-12)8-16)18-6-5-13(10-18)11-19/h3-4,7,13,17,19H,2,5-6,9-11H2,1H3. The van der Waals surface area contributed by atoms with Crippen molar-refractivity contribution in [1.29, 1.82) is 5.26 Å². The monoisotopic (exact) mass is 259 g/mol. The Morgan fingerprint density at radius 1 is 1.53 bits per heavy atom. The number of nitrogens with zero attached hydrogens (tertiary/aromatic N) is 2. The van der Waals surface area contributed by atoms with E-state index in [9.17, 15) is 10.4 Å². The van der Waals surface area contributed by atoms with Crippen LogP contribution in [0.5, 0.6) is 0 Å². The highest BCUT2D eigenvalue weighted by Gasteiger charge is 2.23. The van der Waals surface area contributed by atoms with Crippen LogP contribution in [0.15, 0.2) is 18.2 Å². The van der Waals surface area contributed by atoms with Gasteiger partial charge in [0.05, 0.1) is 11.3 Å². The van der Waals surface area contributed by atoms with Gasteiger partial charge in [0.2, 0.25) is 0 Å². The molecule has 1 saturated heterocycles. The summed E-state index contributed by atoms with van der Waals surface area (Å²) in [5, 5.41) is 21.8. The van der Waals surface area contributed by atoms with Crippen molar-refractivity contribution in [2.45, 2.75) is 19.9 Å². The largest absolute Gasteiger partial charge is 0.396 e. The molecule has 0 saturated carbocycles. The Morgan fingerprint density at radius 2 is 2.37 bits per heavy atom. The summed E-state index contributed by atoms with van der Waals surface area (Å²) in [4.78, 5) is 2.20. The van der Waals surface area contributed by atoms with Crippen LogP contribution in [0.1, 0.15) is 24.5 Å². The van der Waals surface area contributed by atoms with Gasteiger partial charge in [-0.25, -0.2) is 0 Å². The van der Waals surface area contributed by atoms with Gasteiger partial charge in [-0.3, -0.25) is 0 Å². The number of hydrogen-bond acceptors (Lipinski definition) is 4. The van der Waals surface area contributed by atoms with Gasteiger partial charge in [-0.1, -0.05) is 13.0 Å². The Bertz CT molecular complexity index is 467. The molecule has 0 bridgehead atoms. The highest BCUT2D eigenvalue weighted by Crippen LogP contribution is 2.27. The Hall–Kier alpha value is -1.57. The lowest BCUT2D eigenvalue weighted by molar-refractivity contribution is 0.238. The van der Waals surface area contributed by atoms with Gasteiger partial charge in [0.15, 0.2) is 0 Å². The van der Waals surface area contributed by atoms with Crippen molar-refractivity contribution in [3.8, 4) is 6.07 Å². The summed E-state index contributed by atoms with van der Waals surface area (Å²) < 4.78 is 0. The Kier molecular flexibility index (Phi) is 4.78. The SMILES string of the molecule is CCNCc1ccc(N2CCC(CO)C2)c(C#N)c1. The highest BCUT2D eigenvalue weighted by atomic mass is 16.3. The maximum absolute atomic E-state index is 9.31. The number of aliphatic hydroxyl groups excluding tert-OH is 1. The quantitative estimate of drug-likeness (QED) is 0.841. The predicted molar refractivity (Wildman–Crippen MR) is 75.9 cm³/mol. The number of anilines is 1. The molecule has 102 valence electrons. The summed E-state index contributed by atoms with van der Waals surface area (Å²) in [7, 11) is 0. The number of rotatable bonds is 5. The van der Waals surface area contributed by atoms with E-state index in [4.69, 9.17) is 0 Å². The smallest absolute Gasteiger partial charge is 0.101 e. The molecule has 0 radical (unpaired) electrons. The van der Waals surface area contributed by atoms with Crippen molar-refractivity contribution >= 4 is 5.69 Å². The molecule has 1 atom stereocenters. The molecule has 4 nitrogen and oxygen atoms in total. The summed E-state index contributed by atoms with van der Waals surface area (Å²) in [6, 6.07) is 8.36. The average molecular weight is 259 g/mol. The summed E-state index contributed by atoms with van der Waals surface area (Å²) in [6.07, 6.45) is 1.00. The van der Waals surface area contributed by atoms with E-state index in [2.05, 4.69) is 29.3 Å².